The number of ether oxygens (including phenoxy) is 2. The number of carbonyl (C=O) groups is 2. The molecule has 0 spiro atoms. The molecule has 9 heteroatoms. The Morgan fingerprint density at radius 1 is 1.07 bits per heavy atom. The van der Waals surface area contributed by atoms with Crippen molar-refractivity contribution in [3.63, 3.8) is 0 Å². The van der Waals surface area contributed by atoms with Crippen LogP contribution in [0.1, 0.15) is 28.3 Å². The van der Waals surface area contributed by atoms with Gasteiger partial charge in [-0.1, -0.05) is 29.5 Å². The van der Waals surface area contributed by atoms with Crippen LogP contribution in [0.15, 0.2) is 54.6 Å². The fourth-order valence-corrected chi connectivity index (χ4v) is 3.27. The summed E-state index contributed by atoms with van der Waals surface area (Å²) in [5, 5.41) is 14.7. The molecule has 150 valence electrons. The predicted octanol–water partition coefficient (Wildman–Crippen LogP) is 3.32. The van der Waals surface area contributed by atoms with Gasteiger partial charge in [0.25, 0.3) is 5.91 Å². The van der Waals surface area contributed by atoms with Gasteiger partial charge in [-0.3, -0.25) is 4.79 Å². The SMILES string of the molecule is CCOc1ccc(Nc2nnc([C@H](NC(=O)c3ccccc3)C(=O)OC)s2)cc1. The number of nitrogens with zero attached hydrogens (tertiary/aromatic N) is 2. The topological polar surface area (TPSA) is 102 Å². The lowest BCUT2D eigenvalue weighted by molar-refractivity contribution is -0.143. The molecule has 3 aromatic rings. The number of esters is 1. The van der Waals surface area contributed by atoms with Crippen LogP contribution in [0.2, 0.25) is 0 Å². The van der Waals surface area contributed by atoms with Crippen molar-refractivity contribution in [1.29, 1.82) is 0 Å². The van der Waals surface area contributed by atoms with Gasteiger partial charge in [-0.2, -0.15) is 0 Å². The van der Waals surface area contributed by atoms with E-state index in [-0.39, 0.29) is 0 Å². The molecule has 1 atom stereocenters. The maximum absolute atomic E-state index is 12.4. The molecular weight excluding hydrogens is 392 g/mol. The lowest BCUT2D eigenvalue weighted by atomic mass is 10.2. The number of amides is 1. The molecule has 1 heterocycles. The zero-order valence-electron chi connectivity index (χ0n) is 15.9. The van der Waals surface area contributed by atoms with Gasteiger partial charge in [0.1, 0.15) is 5.75 Å². The van der Waals surface area contributed by atoms with Crippen molar-refractivity contribution in [1.82, 2.24) is 15.5 Å². The first kappa shape index (κ1) is 20.3. The average Bonchev–Trinajstić information content (AvgIpc) is 3.21. The molecule has 2 aromatic carbocycles. The van der Waals surface area contributed by atoms with Crippen LogP contribution in [0.5, 0.6) is 5.75 Å². The van der Waals surface area contributed by atoms with Gasteiger partial charge in [0.05, 0.1) is 13.7 Å². The quantitative estimate of drug-likeness (QED) is 0.547. The van der Waals surface area contributed by atoms with Crippen LogP contribution in [0.3, 0.4) is 0 Å². The number of methoxy groups -OCH3 is 1. The minimum Gasteiger partial charge on any atom is -0.494 e. The van der Waals surface area contributed by atoms with E-state index in [9.17, 15) is 9.59 Å². The third kappa shape index (κ3) is 5.29. The Balaban J connectivity index is 1.73. The Labute approximate surface area is 171 Å². The van der Waals surface area contributed by atoms with Crippen molar-refractivity contribution in [2.24, 2.45) is 0 Å². The van der Waals surface area contributed by atoms with Gasteiger partial charge < -0.3 is 20.1 Å². The van der Waals surface area contributed by atoms with Crippen molar-refractivity contribution >= 4 is 34.0 Å². The fraction of sp³-hybridized carbons (Fsp3) is 0.200. The minimum atomic E-state index is -1.05. The Morgan fingerprint density at radius 3 is 2.45 bits per heavy atom. The van der Waals surface area contributed by atoms with E-state index in [1.165, 1.54) is 7.11 Å². The van der Waals surface area contributed by atoms with Crippen LogP contribution in [-0.2, 0) is 9.53 Å². The molecule has 0 saturated heterocycles. The van der Waals surface area contributed by atoms with Crippen LogP contribution in [0, 0.1) is 0 Å². The molecule has 0 aliphatic carbocycles. The van der Waals surface area contributed by atoms with Crippen molar-refractivity contribution in [2.45, 2.75) is 13.0 Å². The second-order valence-corrected chi connectivity index (χ2v) is 6.83. The van der Waals surface area contributed by atoms with Crippen molar-refractivity contribution in [3.05, 3.63) is 65.2 Å². The maximum atomic E-state index is 12.4. The molecule has 0 bridgehead atoms. The fourth-order valence-electron chi connectivity index (χ4n) is 2.47. The summed E-state index contributed by atoms with van der Waals surface area (Å²) in [5.74, 6) is -0.263. The summed E-state index contributed by atoms with van der Waals surface area (Å²) in [6.45, 7) is 2.51. The molecule has 0 aliphatic rings. The van der Waals surface area contributed by atoms with Crippen LogP contribution >= 0.6 is 11.3 Å². The summed E-state index contributed by atoms with van der Waals surface area (Å²) in [4.78, 5) is 24.7. The Morgan fingerprint density at radius 2 is 1.79 bits per heavy atom. The van der Waals surface area contributed by atoms with Crippen LogP contribution < -0.4 is 15.4 Å². The summed E-state index contributed by atoms with van der Waals surface area (Å²) in [5.41, 5.74) is 1.22. The van der Waals surface area contributed by atoms with Gasteiger partial charge in [0.15, 0.2) is 11.0 Å². The van der Waals surface area contributed by atoms with E-state index in [0.29, 0.717) is 22.3 Å². The molecule has 2 N–H and O–H groups in total. The van der Waals surface area contributed by atoms with Crippen molar-refractivity contribution in [3.8, 4) is 5.75 Å². The average molecular weight is 412 g/mol. The number of carbonyl (C=O) groups excluding carboxylic acids is 2. The molecule has 1 aromatic heterocycles. The zero-order chi connectivity index (χ0) is 20.6. The molecular formula is C20H20N4O4S. The first-order valence-corrected chi connectivity index (χ1v) is 9.69. The van der Waals surface area contributed by atoms with Gasteiger partial charge in [-0.25, -0.2) is 4.79 Å². The highest BCUT2D eigenvalue weighted by atomic mass is 32.1. The third-order valence-electron chi connectivity index (χ3n) is 3.85. The molecule has 3 rings (SSSR count). The standard InChI is InChI=1S/C20H20N4O4S/c1-3-28-15-11-9-14(10-12-15)21-20-24-23-18(29-20)16(19(26)27-2)22-17(25)13-7-5-4-6-8-13/h4-12,16H,3H2,1-2H3,(H,21,24)(H,22,25)/t16-/m0/s1. The zero-order valence-corrected chi connectivity index (χ0v) is 16.7. The predicted molar refractivity (Wildman–Crippen MR) is 109 cm³/mol. The van der Waals surface area contributed by atoms with Crippen LogP contribution in [0.25, 0.3) is 0 Å². The second-order valence-electron chi connectivity index (χ2n) is 5.82. The van der Waals surface area contributed by atoms with Gasteiger partial charge in [-0.05, 0) is 43.3 Å². The molecule has 8 nitrogen and oxygen atoms in total. The molecule has 0 unspecified atom stereocenters. The normalized spacial score (nSPS) is 11.4. The van der Waals surface area contributed by atoms with E-state index in [1.807, 2.05) is 31.2 Å². The largest absolute Gasteiger partial charge is 0.494 e. The van der Waals surface area contributed by atoms with Crippen LogP contribution in [-0.4, -0.2) is 35.8 Å². The summed E-state index contributed by atoms with van der Waals surface area (Å²) in [7, 11) is 1.25. The summed E-state index contributed by atoms with van der Waals surface area (Å²) < 4.78 is 10.2. The number of benzene rings is 2. The van der Waals surface area contributed by atoms with Crippen molar-refractivity contribution < 1.29 is 19.1 Å². The number of hydrogen-bond donors (Lipinski definition) is 2. The monoisotopic (exact) mass is 412 g/mol. The van der Waals surface area contributed by atoms with E-state index in [4.69, 9.17) is 9.47 Å². The van der Waals surface area contributed by atoms with Gasteiger partial charge in [0, 0.05) is 11.3 Å². The molecule has 0 radical (unpaired) electrons. The smallest absolute Gasteiger partial charge is 0.335 e. The van der Waals surface area contributed by atoms with E-state index in [1.54, 1.807) is 30.3 Å². The first-order valence-electron chi connectivity index (χ1n) is 8.87. The van der Waals surface area contributed by atoms with E-state index in [2.05, 4.69) is 20.8 Å². The third-order valence-corrected chi connectivity index (χ3v) is 4.76. The van der Waals surface area contributed by atoms with Gasteiger partial charge in [-0.15, -0.1) is 10.2 Å². The van der Waals surface area contributed by atoms with Crippen molar-refractivity contribution in [2.75, 3.05) is 19.0 Å². The summed E-state index contributed by atoms with van der Waals surface area (Å²) in [6, 6.07) is 14.9. The number of anilines is 2. The van der Waals surface area contributed by atoms with E-state index in [0.717, 1.165) is 22.8 Å². The molecule has 0 saturated carbocycles. The lowest BCUT2D eigenvalue weighted by Crippen LogP contribution is -2.34. The van der Waals surface area contributed by atoms with Crippen LogP contribution in [0.4, 0.5) is 10.8 Å². The number of hydrogen-bond acceptors (Lipinski definition) is 8. The summed E-state index contributed by atoms with van der Waals surface area (Å²) >= 11 is 1.15. The number of rotatable bonds is 8. The minimum absolute atomic E-state index is 0.314. The molecule has 0 fully saturated rings. The first-order chi connectivity index (χ1) is 14.1. The highest BCUT2D eigenvalue weighted by molar-refractivity contribution is 7.15. The molecule has 29 heavy (non-hydrogen) atoms. The number of nitrogens with one attached hydrogen (secondary N) is 2. The highest BCUT2D eigenvalue weighted by Gasteiger charge is 2.28. The highest BCUT2D eigenvalue weighted by Crippen LogP contribution is 2.26. The van der Waals surface area contributed by atoms with E-state index < -0.39 is 17.9 Å². The maximum Gasteiger partial charge on any atom is 0.335 e. The Kier molecular flexibility index (Phi) is 6.75. The molecule has 1 amide bonds. The van der Waals surface area contributed by atoms with E-state index >= 15 is 0 Å². The summed E-state index contributed by atoms with van der Waals surface area (Å²) in [6.07, 6.45) is 0. The van der Waals surface area contributed by atoms with Gasteiger partial charge >= 0.3 is 5.97 Å². The number of aromatic nitrogens is 2. The van der Waals surface area contributed by atoms with Gasteiger partial charge in [0.2, 0.25) is 5.13 Å². The Bertz CT molecular complexity index is 960. The lowest BCUT2D eigenvalue weighted by Gasteiger charge is -2.13. The Hall–Kier alpha value is -3.46. The molecule has 0 aliphatic heterocycles. The second kappa shape index (κ2) is 9.65.